The van der Waals surface area contributed by atoms with Crippen molar-refractivity contribution in [1.82, 2.24) is 10.2 Å². The molecule has 1 amide bonds. The second-order valence-electron chi connectivity index (χ2n) is 5.89. The van der Waals surface area contributed by atoms with Crippen molar-refractivity contribution in [3.8, 4) is 10.6 Å². The van der Waals surface area contributed by atoms with Crippen LogP contribution in [-0.4, -0.2) is 29.8 Å². The van der Waals surface area contributed by atoms with Crippen LogP contribution in [0.25, 0.3) is 31.6 Å². The first-order valence-corrected chi connectivity index (χ1v) is 8.92. The Morgan fingerprint density at radius 1 is 1.31 bits per heavy atom. The maximum Gasteiger partial charge on any atom is 0.226 e. The quantitative estimate of drug-likeness (QED) is 0.542. The minimum Gasteiger partial charge on any atom is -0.384 e. The fraction of sp³-hybridized carbons (Fsp3) is 0.158. The number of thiophene rings is 1. The minimum atomic E-state index is -0.505. The zero-order valence-electron chi connectivity index (χ0n) is 14.0. The van der Waals surface area contributed by atoms with E-state index in [2.05, 4.69) is 27.6 Å². The van der Waals surface area contributed by atoms with Crippen molar-refractivity contribution in [1.29, 1.82) is 0 Å². The summed E-state index contributed by atoms with van der Waals surface area (Å²) >= 11 is 1.62. The molecule has 2 aromatic heterocycles. The van der Waals surface area contributed by atoms with Gasteiger partial charge >= 0.3 is 0 Å². The van der Waals surface area contributed by atoms with E-state index < -0.39 is 5.82 Å². The van der Waals surface area contributed by atoms with E-state index in [1.165, 1.54) is 13.2 Å². The molecule has 2 N–H and O–H groups in total. The van der Waals surface area contributed by atoms with Gasteiger partial charge in [-0.05, 0) is 23.6 Å². The van der Waals surface area contributed by atoms with E-state index in [1.54, 1.807) is 17.4 Å². The third kappa shape index (κ3) is 3.07. The van der Waals surface area contributed by atoms with Crippen LogP contribution in [0.2, 0.25) is 0 Å². The topological polar surface area (TPSA) is 67.0 Å². The minimum absolute atomic E-state index is 0.141. The second kappa shape index (κ2) is 6.86. The molecule has 0 fully saturated rings. The van der Waals surface area contributed by atoms with Crippen molar-refractivity contribution in [3.63, 3.8) is 0 Å². The Bertz CT molecular complexity index is 1070. The third-order valence-electron chi connectivity index (χ3n) is 4.12. The van der Waals surface area contributed by atoms with Crippen molar-refractivity contribution < 1.29 is 13.9 Å². The molecular weight excluding hydrogens is 353 g/mol. The highest BCUT2D eigenvalue weighted by Crippen LogP contribution is 2.37. The van der Waals surface area contributed by atoms with Crippen LogP contribution in [0.1, 0.15) is 6.42 Å². The number of aromatic nitrogens is 2. The number of methoxy groups -OCH3 is 1. The number of carbonyl (C=O) groups is 1. The lowest BCUT2D eigenvalue weighted by Gasteiger charge is -2.06. The van der Waals surface area contributed by atoms with Gasteiger partial charge in [-0.1, -0.05) is 18.2 Å². The molecule has 2 heterocycles. The lowest BCUT2D eigenvalue weighted by Crippen LogP contribution is -2.14. The smallest absolute Gasteiger partial charge is 0.226 e. The van der Waals surface area contributed by atoms with Crippen molar-refractivity contribution in [3.05, 3.63) is 48.3 Å². The summed E-state index contributed by atoms with van der Waals surface area (Å²) < 4.78 is 20.3. The molecule has 4 aromatic rings. The Morgan fingerprint density at radius 2 is 2.15 bits per heavy atom. The highest BCUT2D eigenvalue weighted by molar-refractivity contribution is 7.22. The van der Waals surface area contributed by atoms with E-state index in [9.17, 15) is 9.18 Å². The fourth-order valence-electron chi connectivity index (χ4n) is 2.83. The molecule has 0 aliphatic carbocycles. The molecule has 132 valence electrons. The lowest BCUT2D eigenvalue weighted by atomic mass is 10.1. The van der Waals surface area contributed by atoms with Crippen LogP contribution in [0.4, 0.5) is 10.1 Å². The molecule has 0 aliphatic heterocycles. The summed E-state index contributed by atoms with van der Waals surface area (Å²) in [7, 11) is 1.52. The number of ether oxygens (including phenoxy) is 1. The number of aromatic amines is 1. The van der Waals surface area contributed by atoms with Crippen molar-refractivity contribution >= 4 is 43.9 Å². The van der Waals surface area contributed by atoms with Crippen molar-refractivity contribution in [2.45, 2.75) is 6.42 Å². The number of benzene rings is 2. The Labute approximate surface area is 152 Å². The first-order chi connectivity index (χ1) is 12.7. The number of hydrogen-bond acceptors (Lipinski definition) is 4. The highest BCUT2D eigenvalue weighted by Gasteiger charge is 2.15. The Kier molecular flexibility index (Phi) is 4.40. The van der Waals surface area contributed by atoms with E-state index in [0.29, 0.717) is 5.52 Å². The van der Waals surface area contributed by atoms with Crippen LogP contribution in [0.3, 0.4) is 0 Å². The zero-order chi connectivity index (χ0) is 18.1. The van der Waals surface area contributed by atoms with E-state index in [-0.39, 0.29) is 24.6 Å². The monoisotopic (exact) mass is 369 g/mol. The Hall–Kier alpha value is -2.77. The number of rotatable bonds is 5. The van der Waals surface area contributed by atoms with Crippen LogP contribution >= 0.6 is 11.3 Å². The van der Waals surface area contributed by atoms with E-state index in [0.717, 1.165) is 26.0 Å². The van der Waals surface area contributed by atoms with Crippen molar-refractivity contribution in [2.75, 3.05) is 19.0 Å². The van der Waals surface area contributed by atoms with Gasteiger partial charge in [-0.2, -0.15) is 5.10 Å². The number of fused-ring (bicyclic) bond motifs is 2. The molecule has 7 heteroatoms. The van der Waals surface area contributed by atoms with Crippen LogP contribution < -0.4 is 5.32 Å². The molecule has 0 bridgehead atoms. The van der Waals surface area contributed by atoms with Gasteiger partial charge in [-0.25, -0.2) is 4.39 Å². The molecule has 0 unspecified atom stereocenters. The Morgan fingerprint density at radius 3 is 2.96 bits per heavy atom. The molecular formula is C19H16FN3O2S. The Balaban J connectivity index is 1.74. The van der Waals surface area contributed by atoms with Gasteiger partial charge in [0.25, 0.3) is 0 Å². The first-order valence-electron chi connectivity index (χ1n) is 8.11. The molecule has 0 saturated heterocycles. The van der Waals surface area contributed by atoms with Crippen molar-refractivity contribution in [2.24, 2.45) is 0 Å². The average molecular weight is 369 g/mol. The second-order valence-corrected chi connectivity index (χ2v) is 6.97. The molecule has 2 aromatic carbocycles. The number of H-pyrrole nitrogens is 1. The van der Waals surface area contributed by atoms with Gasteiger partial charge in [0, 0.05) is 23.3 Å². The zero-order valence-corrected chi connectivity index (χ0v) is 14.8. The molecule has 0 saturated carbocycles. The molecule has 0 atom stereocenters. The maximum atomic E-state index is 14.3. The SMILES string of the molecule is COCCC(=O)Nc1cc2c(-c3cc4ccccc4s3)n[nH]c2cc1F. The van der Waals surface area contributed by atoms with Crippen LogP contribution in [0.5, 0.6) is 0 Å². The average Bonchev–Trinajstić information content (AvgIpc) is 3.23. The van der Waals surface area contributed by atoms with Crippen LogP contribution in [-0.2, 0) is 9.53 Å². The van der Waals surface area contributed by atoms with Gasteiger partial charge in [-0.15, -0.1) is 11.3 Å². The summed E-state index contributed by atoms with van der Waals surface area (Å²) in [5.41, 5.74) is 1.47. The number of nitrogens with one attached hydrogen (secondary N) is 2. The first kappa shape index (κ1) is 16.7. The summed E-state index contributed by atoms with van der Waals surface area (Å²) in [6.45, 7) is 0.286. The molecule has 0 spiro atoms. The van der Waals surface area contributed by atoms with E-state index in [4.69, 9.17) is 4.74 Å². The van der Waals surface area contributed by atoms with Gasteiger partial charge in [0.1, 0.15) is 11.5 Å². The maximum absolute atomic E-state index is 14.3. The molecule has 0 radical (unpaired) electrons. The largest absolute Gasteiger partial charge is 0.384 e. The number of anilines is 1. The lowest BCUT2D eigenvalue weighted by molar-refractivity contribution is -0.117. The number of carbonyl (C=O) groups excluding carboxylic acids is 1. The normalized spacial score (nSPS) is 11.3. The molecule has 26 heavy (non-hydrogen) atoms. The predicted molar refractivity (Wildman–Crippen MR) is 102 cm³/mol. The van der Waals surface area contributed by atoms with Crippen LogP contribution in [0, 0.1) is 5.82 Å². The highest BCUT2D eigenvalue weighted by atomic mass is 32.1. The molecule has 0 aliphatic rings. The third-order valence-corrected chi connectivity index (χ3v) is 5.24. The number of amides is 1. The number of nitrogens with zero attached hydrogens (tertiary/aromatic N) is 1. The van der Waals surface area contributed by atoms with Gasteiger partial charge in [-0.3, -0.25) is 9.89 Å². The summed E-state index contributed by atoms with van der Waals surface area (Å²) in [6, 6.07) is 13.1. The summed E-state index contributed by atoms with van der Waals surface area (Å²) in [5, 5.41) is 11.7. The fourth-order valence-corrected chi connectivity index (χ4v) is 3.89. The summed E-state index contributed by atoms with van der Waals surface area (Å²) in [6.07, 6.45) is 0.169. The van der Waals surface area contributed by atoms with E-state index >= 15 is 0 Å². The van der Waals surface area contributed by atoms with Gasteiger partial charge in [0.05, 0.1) is 29.1 Å². The number of hydrogen-bond donors (Lipinski definition) is 2. The molecule has 4 rings (SSSR count). The van der Waals surface area contributed by atoms with Gasteiger partial charge < -0.3 is 10.1 Å². The summed E-state index contributed by atoms with van der Waals surface area (Å²) in [4.78, 5) is 12.9. The van der Waals surface area contributed by atoms with Gasteiger partial charge in [0.2, 0.25) is 5.91 Å². The van der Waals surface area contributed by atoms with E-state index in [1.807, 2.05) is 18.2 Å². The van der Waals surface area contributed by atoms with Gasteiger partial charge in [0.15, 0.2) is 0 Å². The summed E-state index contributed by atoms with van der Waals surface area (Å²) in [5.74, 6) is -0.799. The molecule has 5 nitrogen and oxygen atoms in total. The number of halogens is 1. The standard InChI is InChI=1S/C19H16FN3O2S/c1-25-7-6-18(24)21-15-9-12-14(10-13(15)20)22-23-19(12)17-8-11-4-2-3-5-16(11)26-17/h2-5,8-10H,6-7H2,1H3,(H,21,24)(H,22,23). The predicted octanol–water partition coefficient (Wildman–Crippen LogP) is 4.56. The van der Waals surface area contributed by atoms with Crippen LogP contribution in [0.15, 0.2) is 42.5 Å².